The molecule has 0 saturated heterocycles. The van der Waals surface area contributed by atoms with Gasteiger partial charge in [-0.15, -0.1) is 0 Å². The number of carbonyl (C=O) groups excluding carboxylic acids is 1. The third-order valence-electron chi connectivity index (χ3n) is 3.27. The van der Waals surface area contributed by atoms with Crippen LogP contribution in [0, 0.1) is 13.8 Å². The minimum Gasteiger partial charge on any atom is -0.392 e. The summed E-state index contributed by atoms with van der Waals surface area (Å²) < 4.78 is 1.96. The summed E-state index contributed by atoms with van der Waals surface area (Å²) in [6, 6.07) is 1.98. The molecule has 0 bridgehead atoms. The Morgan fingerprint density at radius 2 is 2.10 bits per heavy atom. The first-order chi connectivity index (χ1) is 9.81. The van der Waals surface area contributed by atoms with Crippen molar-refractivity contribution in [2.24, 2.45) is 0 Å². The van der Waals surface area contributed by atoms with Gasteiger partial charge in [0.05, 0.1) is 11.8 Å². The van der Waals surface area contributed by atoms with E-state index in [1.54, 1.807) is 11.8 Å². The molecule has 1 atom stereocenters. The highest BCUT2D eigenvalue weighted by atomic mass is 16.3. The van der Waals surface area contributed by atoms with Crippen LogP contribution in [0.4, 0.5) is 4.79 Å². The molecule has 0 spiro atoms. The fourth-order valence-electron chi connectivity index (χ4n) is 2.24. The van der Waals surface area contributed by atoms with Gasteiger partial charge in [0.2, 0.25) is 0 Å². The van der Waals surface area contributed by atoms with Gasteiger partial charge in [-0.05, 0) is 47.1 Å². The zero-order valence-electron chi connectivity index (χ0n) is 13.8. The van der Waals surface area contributed by atoms with E-state index in [4.69, 9.17) is 0 Å². The first-order valence-electron chi connectivity index (χ1n) is 7.55. The Morgan fingerprint density at radius 1 is 1.43 bits per heavy atom. The Kier molecular flexibility index (Phi) is 6.68. The van der Waals surface area contributed by atoms with E-state index in [9.17, 15) is 9.90 Å². The summed E-state index contributed by atoms with van der Waals surface area (Å²) in [5.41, 5.74) is 2.15. The van der Waals surface area contributed by atoms with Crippen molar-refractivity contribution in [2.75, 3.05) is 13.1 Å². The van der Waals surface area contributed by atoms with Gasteiger partial charge >= 0.3 is 6.03 Å². The van der Waals surface area contributed by atoms with Crippen molar-refractivity contribution in [3.63, 3.8) is 0 Å². The fourth-order valence-corrected chi connectivity index (χ4v) is 2.24. The van der Waals surface area contributed by atoms with E-state index in [1.807, 2.05) is 38.4 Å². The number of urea groups is 1. The molecule has 21 heavy (non-hydrogen) atoms. The van der Waals surface area contributed by atoms with Gasteiger partial charge in [-0.1, -0.05) is 0 Å². The molecular weight excluding hydrogens is 268 g/mol. The lowest BCUT2D eigenvalue weighted by Crippen LogP contribution is -2.47. The molecule has 6 nitrogen and oxygen atoms in total. The van der Waals surface area contributed by atoms with E-state index < -0.39 is 6.10 Å². The summed E-state index contributed by atoms with van der Waals surface area (Å²) in [5, 5.41) is 16.7. The van der Waals surface area contributed by atoms with E-state index in [-0.39, 0.29) is 12.1 Å². The van der Waals surface area contributed by atoms with Gasteiger partial charge in [0, 0.05) is 31.4 Å². The second-order valence-electron chi connectivity index (χ2n) is 5.83. The maximum atomic E-state index is 12.1. The molecule has 1 aromatic heterocycles. The summed E-state index contributed by atoms with van der Waals surface area (Å²) in [6.45, 7) is 11.3. The molecule has 0 radical (unpaired) electrons. The fraction of sp³-hybridized carbons (Fsp3) is 0.733. The van der Waals surface area contributed by atoms with E-state index in [2.05, 4.69) is 10.4 Å². The summed E-state index contributed by atoms with van der Waals surface area (Å²) in [4.78, 5) is 13.7. The summed E-state index contributed by atoms with van der Waals surface area (Å²) in [5.74, 6) is 0. The van der Waals surface area contributed by atoms with Crippen molar-refractivity contribution in [1.82, 2.24) is 20.0 Å². The predicted octanol–water partition coefficient (Wildman–Crippen LogP) is 1.69. The largest absolute Gasteiger partial charge is 0.392 e. The Hall–Kier alpha value is -1.56. The minimum atomic E-state index is -0.521. The molecule has 0 aliphatic rings. The Balaban J connectivity index is 2.36. The molecule has 6 heteroatoms. The van der Waals surface area contributed by atoms with Crippen LogP contribution in [0.1, 0.15) is 38.6 Å². The van der Waals surface area contributed by atoms with Crippen molar-refractivity contribution in [3.05, 3.63) is 17.5 Å². The molecule has 0 aromatic carbocycles. The number of carbonyl (C=O) groups is 1. The van der Waals surface area contributed by atoms with Crippen LogP contribution >= 0.6 is 0 Å². The van der Waals surface area contributed by atoms with Gasteiger partial charge in [0.25, 0.3) is 0 Å². The van der Waals surface area contributed by atoms with Crippen LogP contribution in [-0.4, -0.2) is 51.1 Å². The molecule has 120 valence electrons. The molecule has 0 aliphatic carbocycles. The Bertz CT molecular complexity index is 455. The number of nitrogens with one attached hydrogen (secondary N) is 1. The van der Waals surface area contributed by atoms with E-state index in [1.165, 1.54) is 0 Å². The lowest BCUT2D eigenvalue weighted by molar-refractivity contribution is 0.119. The number of hydrogen-bond acceptors (Lipinski definition) is 3. The molecule has 2 N–H and O–H groups in total. The van der Waals surface area contributed by atoms with Crippen LogP contribution in [0.2, 0.25) is 0 Å². The third-order valence-corrected chi connectivity index (χ3v) is 3.27. The lowest BCUT2D eigenvalue weighted by Gasteiger charge is -2.28. The van der Waals surface area contributed by atoms with Gasteiger partial charge in [0.15, 0.2) is 0 Å². The van der Waals surface area contributed by atoms with Crippen molar-refractivity contribution in [1.29, 1.82) is 0 Å². The van der Waals surface area contributed by atoms with Crippen LogP contribution in [0.5, 0.6) is 0 Å². The summed E-state index contributed by atoms with van der Waals surface area (Å²) in [7, 11) is 0. The molecule has 0 saturated carbocycles. The van der Waals surface area contributed by atoms with Gasteiger partial charge in [-0.2, -0.15) is 5.10 Å². The van der Waals surface area contributed by atoms with Gasteiger partial charge in [-0.25, -0.2) is 4.79 Å². The van der Waals surface area contributed by atoms with E-state index in [0.29, 0.717) is 13.1 Å². The van der Waals surface area contributed by atoms with Crippen molar-refractivity contribution in [3.8, 4) is 0 Å². The molecule has 1 unspecified atom stereocenters. The first kappa shape index (κ1) is 17.5. The van der Waals surface area contributed by atoms with Crippen LogP contribution < -0.4 is 5.32 Å². The van der Waals surface area contributed by atoms with Crippen LogP contribution in [0.15, 0.2) is 6.07 Å². The van der Waals surface area contributed by atoms with Gasteiger partial charge in [0.1, 0.15) is 0 Å². The molecular formula is C15H28N4O2. The predicted molar refractivity (Wildman–Crippen MR) is 83.2 cm³/mol. The normalized spacial score (nSPS) is 12.5. The number of hydrogen-bond donors (Lipinski definition) is 2. The second-order valence-corrected chi connectivity index (χ2v) is 5.83. The third kappa shape index (κ3) is 5.75. The van der Waals surface area contributed by atoms with Gasteiger partial charge in [-0.3, -0.25) is 4.68 Å². The average Bonchev–Trinajstić information content (AvgIpc) is 2.69. The van der Waals surface area contributed by atoms with Crippen molar-refractivity contribution >= 4 is 6.03 Å². The maximum Gasteiger partial charge on any atom is 0.317 e. The topological polar surface area (TPSA) is 70.4 Å². The zero-order valence-corrected chi connectivity index (χ0v) is 13.8. The zero-order chi connectivity index (χ0) is 16.0. The molecule has 0 fully saturated rings. The Morgan fingerprint density at radius 3 is 2.57 bits per heavy atom. The number of aliphatic hydroxyl groups is 1. The Labute approximate surface area is 127 Å². The number of aromatic nitrogens is 2. The highest BCUT2D eigenvalue weighted by Gasteiger charge is 2.17. The summed E-state index contributed by atoms with van der Waals surface area (Å²) >= 11 is 0. The second kappa shape index (κ2) is 8.02. The average molecular weight is 296 g/mol. The number of nitrogens with zero attached hydrogens (tertiary/aromatic N) is 3. The van der Waals surface area contributed by atoms with Crippen LogP contribution in [0.25, 0.3) is 0 Å². The maximum absolute atomic E-state index is 12.1. The van der Waals surface area contributed by atoms with Gasteiger partial charge < -0.3 is 15.3 Å². The molecule has 2 amide bonds. The van der Waals surface area contributed by atoms with Crippen LogP contribution in [0.3, 0.4) is 0 Å². The van der Waals surface area contributed by atoms with Crippen molar-refractivity contribution < 1.29 is 9.90 Å². The summed E-state index contributed by atoms with van der Waals surface area (Å²) in [6.07, 6.45) is 0.307. The molecule has 1 heterocycles. The lowest BCUT2D eigenvalue weighted by atomic mass is 10.3. The molecule has 1 aromatic rings. The molecule has 0 aliphatic heterocycles. The monoisotopic (exact) mass is 296 g/mol. The van der Waals surface area contributed by atoms with E-state index in [0.717, 1.165) is 24.4 Å². The highest BCUT2D eigenvalue weighted by Crippen LogP contribution is 2.03. The highest BCUT2D eigenvalue weighted by molar-refractivity contribution is 5.74. The quantitative estimate of drug-likeness (QED) is 0.752. The van der Waals surface area contributed by atoms with Crippen molar-refractivity contribution in [2.45, 2.75) is 59.7 Å². The number of aryl methyl sites for hydroxylation is 3. The number of aliphatic hydroxyl groups excluding tert-OH is 1. The smallest absolute Gasteiger partial charge is 0.317 e. The minimum absolute atomic E-state index is 0.0654. The van der Waals surface area contributed by atoms with Crippen LogP contribution in [-0.2, 0) is 6.54 Å². The number of amides is 2. The standard InChI is InChI=1S/C15H28N4O2/c1-11(2)18(10-14(5)20)15(21)16-7-6-8-19-13(4)9-12(3)17-19/h9,11,14,20H,6-8,10H2,1-5H3,(H,16,21). The molecule has 1 rings (SSSR count). The SMILES string of the molecule is Cc1cc(C)n(CCCNC(=O)N(CC(C)O)C(C)C)n1. The van der Waals surface area contributed by atoms with E-state index >= 15 is 0 Å². The first-order valence-corrected chi connectivity index (χ1v) is 7.55. The number of rotatable bonds is 7.